The number of rotatable bonds is 1. The summed E-state index contributed by atoms with van der Waals surface area (Å²) in [6.45, 7) is 18.4. The first-order valence-corrected chi connectivity index (χ1v) is 15.6. The Labute approximate surface area is 255 Å². The first kappa shape index (κ1) is 26.4. The molecule has 0 atom stereocenters. The lowest BCUT2D eigenvalue weighted by molar-refractivity contribution is 0.591. The van der Waals surface area contributed by atoms with Crippen molar-refractivity contribution in [3.05, 3.63) is 113 Å². The van der Waals surface area contributed by atoms with Gasteiger partial charge in [0.05, 0.1) is 11.0 Å². The second-order valence-electron chi connectivity index (χ2n) is 14.9. The Kier molecular flexibility index (Phi) is 5.32. The summed E-state index contributed by atoms with van der Waals surface area (Å²) in [5.74, 6) is 0. The number of aromatic nitrogens is 2. The van der Waals surface area contributed by atoms with Crippen molar-refractivity contribution in [1.82, 2.24) is 9.05 Å². The first-order chi connectivity index (χ1) is 20.4. The Bertz CT molecular complexity index is 2210. The molecule has 0 fully saturated rings. The quantitative estimate of drug-likeness (QED) is 0.178. The van der Waals surface area contributed by atoms with Crippen molar-refractivity contribution in [1.29, 1.82) is 0 Å². The van der Waals surface area contributed by atoms with E-state index in [0.717, 1.165) is 0 Å². The van der Waals surface area contributed by atoms with Gasteiger partial charge in [-0.05, 0) is 83.1 Å². The van der Waals surface area contributed by atoms with Crippen molar-refractivity contribution in [2.45, 2.75) is 66.2 Å². The van der Waals surface area contributed by atoms with E-state index in [2.05, 4.69) is 155 Å². The SMILES string of the molecule is Cc1ccc2c(c1)c1cc(C)cc3c1n2-c1ccccc1B3n1c2cc(C(C)(C)C)ccc2c2ccc(C(C)(C)C)cc21. The van der Waals surface area contributed by atoms with Crippen LogP contribution in [0.1, 0.15) is 63.8 Å². The van der Waals surface area contributed by atoms with Gasteiger partial charge in [-0.25, -0.2) is 0 Å². The van der Waals surface area contributed by atoms with E-state index in [-0.39, 0.29) is 17.7 Å². The molecule has 7 aromatic rings. The minimum atomic E-state index is 0.0435. The molecule has 8 rings (SSSR count). The van der Waals surface area contributed by atoms with Crippen LogP contribution < -0.4 is 10.9 Å². The van der Waals surface area contributed by atoms with Crippen LogP contribution >= 0.6 is 0 Å². The highest BCUT2D eigenvalue weighted by molar-refractivity contribution is 6.88. The highest BCUT2D eigenvalue weighted by atomic mass is 15.0. The minimum absolute atomic E-state index is 0.0435. The summed E-state index contributed by atoms with van der Waals surface area (Å²) < 4.78 is 5.20. The molecule has 3 heteroatoms. The molecule has 0 spiro atoms. The molecule has 5 aromatic carbocycles. The van der Waals surface area contributed by atoms with Gasteiger partial charge in [-0.3, -0.25) is 0 Å². The number of para-hydroxylation sites is 1. The van der Waals surface area contributed by atoms with E-state index in [0.29, 0.717) is 0 Å². The Morgan fingerprint density at radius 3 is 1.74 bits per heavy atom. The molecule has 0 aliphatic carbocycles. The predicted octanol–water partition coefficient (Wildman–Crippen LogP) is 9.07. The van der Waals surface area contributed by atoms with Crippen LogP contribution in [-0.4, -0.2) is 15.9 Å². The van der Waals surface area contributed by atoms with Gasteiger partial charge in [0.25, 0.3) is 0 Å². The van der Waals surface area contributed by atoms with Gasteiger partial charge in [0.2, 0.25) is 0 Å². The smallest absolute Gasteiger partial charge is 0.332 e. The average Bonchev–Trinajstić information content (AvgIpc) is 3.45. The van der Waals surface area contributed by atoms with Crippen LogP contribution in [0.15, 0.2) is 91.0 Å². The maximum absolute atomic E-state index is 2.68. The van der Waals surface area contributed by atoms with Gasteiger partial charge in [0.15, 0.2) is 0 Å². The van der Waals surface area contributed by atoms with Crippen LogP contribution in [0.4, 0.5) is 0 Å². The molecule has 0 unspecified atom stereocenters. The average molecular weight is 559 g/mol. The summed E-state index contributed by atoms with van der Waals surface area (Å²) >= 11 is 0. The molecule has 2 aromatic heterocycles. The molecule has 3 heterocycles. The standard InChI is InChI=1S/C40H39BN2/c1-24-13-18-34-30(19-24)31-20-25(2)21-33-38(31)42(34)35-12-10-9-11-32(35)41(33)43-36-22-26(39(3,4)5)14-16-28(36)29-17-15-27(23-37(29)43)40(6,7)8/h9-23H,1-8H3. The molecule has 1 aliphatic heterocycles. The summed E-state index contributed by atoms with van der Waals surface area (Å²) in [5, 5.41) is 5.33. The fourth-order valence-corrected chi connectivity index (χ4v) is 7.53. The van der Waals surface area contributed by atoms with Crippen molar-refractivity contribution >= 4 is 61.4 Å². The van der Waals surface area contributed by atoms with Gasteiger partial charge in [-0.15, -0.1) is 0 Å². The van der Waals surface area contributed by atoms with Crippen molar-refractivity contribution < 1.29 is 0 Å². The summed E-state index contributed by atoms with van der Waals surface area (Å²) in [7, 11) is 0. The van der Waals surface area contributed by atoms with Gasteiger partial charge in [-0.1, -0.05) is 107 Å². The monoisotopic (exact) mass is 558 g/mol. The highest BCUT2D eigenvalue weighted by Crippen LogP contribution is 2.39. The highest BCUT2D eigenvalue weighted by Gasteiger charge is 2.36. The topological polar surface area (TPSA) is 9.86 Å². The Morgan fingerprint density at radius 2 is 1.12 bits per heavy atom. The number of fused-ring (bicyclic) bond motifs is 8. The summed E-state index contributed by atoms with van der Waals surface area (Å²) in [6, 6.07) is 35.2. The molecule has 0 N–H and O–H groups in total. The zero-order valence-corrected chi connectivity index (χ0v) is 26.6. The molecule has 0 amide bonds. The maximum atomic E-state index is 2.68. The van der Waals surface area contributed by atoms with Gasteiger partial charge in [0, 0.05) is 38.3 Å². The molecule has 0 bridgehead atoms. The third-order valence-electron chi connectivity index (χ3n) is 9.75. The van der Waals surface area contributed by atoms with Crippen molar-refractivity contribution in [3.8, 4) is 5.69 Å². The van der Waals surface area contributed by atoms with Crippen LogP contribution in [0.3, 0.4) is 0 Å². The molecule has 212 valence electrons. The lowest BCUT2D eigenvalue weighted by Crippen LogP contribution is -2.53. The summed E-state index contributed by atoms with van der Waals surface area (Å²) in [4.78, 5) is 0. The van der Waals surface area contributed by atoms with E-state index in [4.69, 9.17) is 0 Å². The third-order valence-corrected chi connectivity index (χ3v) is 9.75. The lowest BCUT2D eigenvalue weighted by Gasteiger charge is -2.29. The lowest BCUT2D eigenvalue weighted by atomic mass is 9.48. The number of nitrogens with zero attached hydrogens (tertiary/aromatic N) is 2. The van der Waals surface area contributed by atoms with E-state index < -0.39 is 0 Å². The predicted molar refractivity (Wildman–Crippen MR) is 188 cm³/mol. The zero-order chi connectivity index (χ0) is 30.0. The van der Waals surface area contributed by atoms with Crippen LogP contribution in [0.25, 0.3) is 49.3 Å². The van der Waals surface area contributed by atoms with Gasteiger partial charge in [0.1, 0.15) is 0 Å². The van der Waals surface area contributed by atoms with E-state index in [9.17, 15) is 0 Å². The van der Waals surface area contributed by atoms with E-state index in [1.807, 2.05) is 0 Å². The van der Waals surface area contributed by atoms with Gasteiger partial charge < -0.3 is 9.05 Å². The second-order valence-corrected chi connectivity index (χ2v) is 14.9. The summed E-state index contributed by atoms with van der Waals surface area (Å²) in [5.41, 5.74) is 14.7. The third kappa shape index (κ3) is 3.73. The van der Waals surface area contributed by atoms with Crippen molar-refractivity contribution in [2.24, 2.45) is 0 Å². The number of aryl methyl sites for hydroxylation is 2. The largest absolute Gasteiger partial charge is 0.376 e. The maximum Gasteiger partial charge on any atom is 0.332 e. The van der Waals surface area contributed by atoms with Crippen LogP contribution in [0.2, 0.25) is 0 Å². The molecule has 2 nitrogen and oxygen atoms in total. The van der Waals surface area contributed by atoms with Crippen molar-refractivity contribution in [3.63, 3.8) is 0 Å². The van der Waals surface area contributed by atoms with Crippen LogP contribution in [0.5, 0.6) is 0 Å². The normalized spacial score (nSPS) is 13.5. The number of hydrogen-bond donors (Lipinski definition) is 0. The van der Waals surface area contributed by atoms with Crippen molar-refractivity contribution in [2.75, 3.05) is 0 Å². The molecular weight excluding hydrogens is 519 g/mol. The second kappa shape index (κ2) is 8.66. The minimum Gasteiger partial charge on any atom is -0.376 e. The Balaban J connectivity index is 1.59. The number of hydrogen-bond acceptors (Lipinski definition) is 0. The molecule has 0 saturated heterocycles. The van der Waals surface area contributed by atoms with Gasteiger partial charge in [-0.2, -0.15) is 0 Å². The van der Waals surface area contributed by atoms with E-state index in [1.165, 1.54) is 82.5 Å². The molecule has 0 radical (unpaired) electrons. The number of benzene rings is 5. The van der Waals surface area contributed by atoms with Crippen LogP contribution in [0, 0.1) is 13.8 Å². The summed E-state index contributed by atoms with van der Waals surface area (Å²) in [6.07, 6.45) is 0. The van der Waals surface area contributed by atoms with E-state index >= 15 is 0 Å². The Morgan fingerprint density at radius 1 is 0.512 bits per heavy atom. The Hall–Kier alpha value is -4.24. The molecule has 1 aliphatic rings. The fourth-order valence-electron chi connectivity index (χ4n) is 7.53. The van der Waals surface area contributed by atoms with Gasteiger partial charge >= 0.3 is 6.85 Å². The fraction of sp³-hybridized carbons (Fsp3) is 0.250. The zero-order valence-electron chi connectivity index (χ0n) is 26.6. The molecular formula is C40H39BN2. The van der Waals surface area contributed by atoms with E-state index in [1.54, 1.807) is 0 Å². The molecule has 0 saturated carbocycles. The van der Waals surface area contributed by atoms with Crippen LogP contribution in [-0.2, 0) is 10.8 Å². The first-order valence-electron chi connectivity index (χ1n) is 15.6. The molecule has 43 heavy (non-hydrogen) atoms.